The summed E-state index contributed by atoms with van der Waals surface area (Å²) in [4.78, 5) is 2.56. The summed E-state index contributed by atoms with van der Waals surface area (Å²) in [6.45, 7) is 5.18. The van der Waals surface area contributed by atoms with Crippen LogP contribution in [-0.2, 0) is 11.2 Å². The minimum Gasteiger partial charge on any atom is -0.374 e. The summed E-state index contributed by atoms with van der Waals surface area (Å²) in [6, 6.07) is 8.85. The maximum absolute atomic E-state index is 5.75. The van der Waals surface area contributed by atoms with Gasteiger partial charge in [0.2, 0.25) is 0 Å². The third-order valence-corrected chi connectivity index (χ3v) is 4.09. The largest absolute Gasteiger partial charge is 0.374 e. The monoisotopic (exact) mass is 246 g/mol. The number of rotatable bonds is 4. The molecule has 2 unspecified atom stereocenters. The van der Waals surface area contributed by atoms with Crippen LogP contribution in [0.1, 0.15) is 17.0 Å². The van der Waals surface area contributed by atoms with Crippen LogP contribution < -0.4 is 5.32 Å². The summed E-state index contributed by atoms with van der Waals surface area (Å²) in [6.07, 6.45) is 1.61. The predicted octanol–water partition coefficient (Wildman–Crippen LogP) is 1.25. The van der Waals surface area contributed by atoms with Crippen molar-refractivity contribution >= 4 is 0 Å². The Morgan fingerprint density at radius 2 is 2.28 bits per heavy atom. The minimum atomic E-state index is 0.360. The van der Waals surface area contributed by atoms with Crippen LogP contribution in [0.25, 0.3) is 0 Å². The molecular formula is C15H22N2O. The maximum Gasteiger partial charge on any atom is 0.0826 e. The van der Waals surface area contributed by atoms with E-state index >= 15 is 0 Å². The molecule has 0 bridgehead atoms. The standard InChI is InChI=1S/C15H22N2O/c1-16-9-14-11-17(6-7-18-14)10-13-8-12-4-2-3-5-15(12)13/h2-5,13-14,16H,6-11H2,1H3. The van der Waals surface area contributed by atoms with Crippen LogP contribution in [0.15, 0.2) is 24.3 Å². The first-order valence-electron chi connectivity index (χ1n) is 6.93. The van der Waals surface area contributed by atoms with Crippen molar-refractivity contribution in [3.63, 3.8) is 0 Å². The van der Waals surface area contributed by atoms with Crippen molar-refractivity contribution in [2.45, 2.75) is 18.4 Å². The fourth-order valence-electron chi connectivity index (χ4n) is 3.13. The van der Waals surface area contributed by atoms with Crippen LogP contribution in [0.5, 0.6) is 0 Å². The number of ether oxygens (including phenoxy) is 1. The Morgan fingerprint density at radius 1 is 1.39 bits per heavy atom. The lowest BCUT2D eigenvalue weighted by atomic mass is 9.77. The van der Waals surface area contributed by atoms with Gasteiger partial charge >= 0.3 is 0 Å². The summed E-state index contributed by atoms with van der Waals surface area (Å²) in [5.41, 5.74) is 3.11. The van der Waals surface area contributed by atoms with Gasteiger partial charge in [-0.3, -0.25) is 4.90 Å². The number of hydrogen-bond donors (Lipinski definition) is 1. The molecule has 1 saturated heterocycles. The summed E-state index contributed by atoms with van der Waals surface area (Å²) < 4.78 is 5.75. The Balaban J connectivity index is 1.55. The molecule has 0 saturated carbocycles. The summed E-state index contributed by atoms with van der Waals surface area (Å²) >= 11 is 0. The Hall–Kier alpha value is -0.900. The maximum atomic E-state index is 5.75. The van der Waals surface area contributed by atoms with Crippen LogP contribution in [0, 0.1) is 0 Å². The van der Waals surface area contributed by atoms with Crippen LogP contribution >= 0.6 is 0 Å². The van der Waals surface area contributed by atoms with Gasteiger partial charge in [0.15, 0.2) is 0 Å². The Bertz CT molecular complexity index is 405. The van der Waals surface area contributed by atoms with E-state index in [1.165, 1.54) is 13.0 Å². The molecule has 1 aromatic carbocycles. The first kappa shape index (κ1) is 12.2. The third-order valence-electron chi connectivity index (χ3n) is 4.09. The van der Waals surface area contributed by atoms with Crippen LogP contribution in [0.2, 0.25) is 0 Å². The first-order chi connectivity index (χ1) is 8.86. The van der Waals surface area contributed by atoms with Crippen molar-refractivity contribution in [1.29, 1.82) is 0 Å². The van der Waals surface area contributed by atoms with Crippen molar-refractivity contribution in [1.82, 2.24) is 10.2 Å². The Kier molecular flexibility index (Phi) is 3.64. The SMILES string of the molecule is CNCC1CN(CC2Cc3ccccc32)CCO1. The summed E-state index contributed by atoms with van der Waals surface area (Å²) in [5.74, 6) is 0.745. The van der Waals surface area contributed by atoms with Crippen molar-refractivity contribution in [2.75, 3.05) is 39.8 Å². The number of likely N-dealkylation sites (N-methyl/N-ethyl adjacent to an activating group) is 1. The van der Waals surface area contributed by atoms with E-state index in [1.54, 1.807) is 11.1 Å². The van der Waals surface area contributed by atoms with Crippen LogP contribution in [-0.4, -0.2) is 50.8 Å². The normalized spacial score (nSPS) is 27.6. The molecule has 1 N–H and O–H groups in total. The molecule has 0 radical (unpaired) electrons. The van der Waals surface area contributed by atoms with Gasteiger partial charge in [0, 0.05) is 32.1 Å². The zero-order chi connectivity index (χ0) is 12.4. The van der Waals surface area contributed by atoms with E-state index in [-0.39, 0.29) is 0 Å². The Morgan fingerprint density at radius 3 is 3.11 bits per heavy atom. The van der Waals surface area contributed by atoms with Gasteiger partial charge in [0.25, 0.3) is 0 Å². The smallest absolute Gasteiger partial charge is 0.0826 e. The van der Waals surface area contributed by atoms with Crippen molar-refractivity contribution in [3.8, 4) is 0 Å². The molecule has 1 aliphatic heterocycles. The summed E-state index contributed by atoms with van der Waals surface area (Å²) in [5, 5.41) is 3.20. The predicted molar refractivity (Wildman–Crippen MR) is 73.0 cm³/mol. The van der Waals surface area contributed by atoms with Crippen molar-refractivity contribution < 1.29 is 4.74 Å². The highest BCUT2D eigenvalue weighted by Gasteiger charge is 2.29. The van der Waals surface area contributed by atoms with E-state index < -0.39 is 0 Å². The lowest BCUT2D eigenvalue weighted by Crippen LogP contribution is -2.48. The van der Waals surface area contributed by atoms with Gasteiger partial charge in [0.05, 0.1) is 12.7 Å². The van der Waals surface area contributed by atoms with Gasteiger partial charge < -0.3 is 10.1 Å². The second-order valence-electron chi connectivity index (χ2n) is 5.41. The third kappa shape index (κ3) is 2.44. The molecule has 0 spiro atoms. The Labute approximate surface area is 109 Å². The second kappa shape index (κ2) is 5.39. The highest BCUT2D eigenvalue weighted by Crippen LogP contribution is 2.35. The second-order valence-corrected chi connectivity index (χ2v) is 5.41. The van der Waals surface area contributed by atoms with E-state index in [9.17, 15) is 0 Å². The average Bonchev–Trinajstić information content (AvgIpc) is 2.37. The molecule has 1 fully saturated rings. The lowest BCUT2D eigenvalue weighted by Gasteiger charge is -2.38. The van der Waals surface area contributed by atoms with Gasteiger partial charge in [-0.15, -0.1) is 0 Å². The van der Waals surface area contributed by atoms with Gasteiger partial charge in [-0.05, 0) is 24.6 Å². The van der Waals surface area contributed by atoms with E-state index in [2.05, 4.69) is 34.5 Å². The molecule has 1 heterocycles. The highest BCUT2D eigenvalue weighted by atomic mass is 16.5. The molecule has 0 amide bonds. The van der Waals surface area contributed by atoms with E-state index in [1.807, 2.05) is 7.05 Å². The van der Waals surface area contributed by atoms with Gasteiger partial charge in [-0.2, -0.15) is 0 Å². The first-order valence-corrected chi connectivity index (χ1v) is 6.93. The molecule has 18 heavy (non-hydrogen) atoms. The lowest BCUT2D eigenvalue weighted by molar-refractivity contribution is -0.0286. The topological polar surface area (TPSA) is 24.5 Å². The molecule has 2 aliphatic rings. The fourth-order valence-corrected chi connectivity index (χ4v) is 3.13. The van der Waals surface area contributed by atoms with E-state index in [0.717, 1.165) is 32.2 Å². The molecule has 1 aromatic rings. The van der Waals surface area contributed by atoms with Crippen LogP contribution in [0.4, 0.5) is 0 Å². The quantitative estimate of drug-likeness (QED) is 0.865. The molecule has 0 aromatic heterocycles. The zero-order valence-electron chi connectivity index (χ0n) is 11.1. The molecule has 2 atom stereocenters. The van der Waals surface area contributed by atoms with Crippen molar-refractivity contribution in [3.05, 3.63) is 35.4 Å². The van der Waals surface area contributed by atoms with Gasteiger partial charge in [-0.25, -0.2) is 0 Å². The number of fused-ring (bicyclic) bond motifs is 1. The number of benzene rings is 1. The molecule has 3 heteroatoms. The molecule has 1 aliphatic carbocycles. The van der Waals surface area contributed by atoms with Gasteiger partial charge in [0.1, 0.15) is 0 Å². The van der Waals surface area contributed by atoms with E-state index in [4.69, 9.17) is 4.74 Å². The number of nitrogens with one attached hydrogen (secondary N) is 1. The number of hydrogen-bond acceptors (Lipinski definition) is 3. The molecule has 98 valence electrons. The van der Waals surface area contributed by atoms with Crippen molar-refractivity contribution in [2.24, 2.45) is 0 Å². The highest BCUT2D eigenvalue weighted by molar-refractivity contribution is 5.40. The van der Waals surface area contributed by atoms with Gasteiger partial charge in [-0.1, -0.05) is 24.3 Å². The minimum absolute atomic E-state index is 0.360. The fraction of sp³-hybridized carbons (Fsp3) is 0.600. The molecule has 3 rings (SSSR count). The summed E-state index contributed by atoms with van der Waals surface area (Å²) in [7, 11) is 1.99. The number of nitrogens with zero attached hydrogens (tertiary/aromatic N) is 1. The van der Waals surface area contributed by atoms with E-state index in [0.29, 0.717) is 6.10 Å². The molecule has 3 nitrogen and oxygen atoms in total. The number of morpholine rings is 1. The molecular weight excluding hydrogens is 224 g/mol. The zero-order valence-corrected chi connectivity index (χ0v) is 11.1. The average molecular weight is 246 g/mol. The van der Waals surface area contributed by atoms with Crippen LogP contribution in [0.3, 0.4) is 0 Å².